The molecule has 2 aliphatic heterocycles. The summed E-state index contributed by atoms with van der Waals surface area (Å²) in [5.74, 6) is 0.00862. The third-order valence-electron chi connectivity index (χ3n) is 3.52. The van der Waals surface area contributed by atoms with E-state index in [4.69, 9.17) is 4.74 Å². The van der Waals surface area contributed by atoms with E-state index in [1.165, 1.54) is 4.31 Å². The summed E-state index contributed by atoms with van der Waals surface area (Å²) in [5.41, 5.74) is 0. The van der Waals surface area contributed by atoms with Gasteiger partial charge in [0.1, 0.15) is 0 Å². The minimum Gasteiger partial charge on any atom is -0.374 e. The van der Waals surface area contributed by atoms with Crippen molar-refractivity contribution in [3.63, 3.8) is 0 Å². The van der Waals surface area contributed by atoms with E-state index in [0.29, 0.717) is 13.1 Å². The van der Waals surface area contributed by atoms with Gasteiger partial charge in [-0.2, -0.15) is 4.31 Å². The van der Waals surface area contributed by atoms with Gasteiger partial charge >= 0.3 is 6.03 Å². The maximum atomic E-state index is 11.9. The Morgan fingerprint density at radius 3 is 2.68 bits per heavy atom. The second kappa shape index (κ2) is 5.26. The minimum absolute atomic E-state index is 0.00862. The van der Waals surface area contributed by atoms with Gasteiger partial charge in [-0.15, -0.1) is 0 Å². The molecule has 2 amide bonds. The van der Waals surface area contributed by atoms with Crippen molar-refractivity contribution in [3.05, 3.63) is 0 Å². The van der Waals surface area contributed by atoms with E-state index in [1.54, 1.807) is 11.9 Å². The average Bonchev–Trinajstić information content (AvgIpc) is 2.67. The minimum atomic E-state index is -3.27. The fourth-order valence-corrected chi connectivity index (χ4v) is 3.64. The first kappa shape index (κ1) is 14.5. The smallest absolute Gasteiger partial charge is 0.317 e. The van der Waals surface area contributed by atoms with E-state index in [1.807, 2.05) is 13.8 Å². The Bertz CT molecular complexity index is 451. The highest BCUT2D eigenvalue weighted by Gasteiger charge is 2.43. The molecule has 0 radical (unpaired) electrons. The molecule has 2 heterocycles. The van der Waals surface area contributed by atoms with Gasteiger partial charge in [-0.3, -0.25) is 0 Å². The van der Waals surface area contributed by atoms with Crippen molar-refractivity contribution in [2.45, 2.75) is 32.0 Å². The molecule has 110 valence electrons. The van der Waals surface area contributed by atoms with Gasteiger partial charge in [0, 0.05) is 19.6 Å². The summed E-state index contributed by atoms with van der Waals surface area (Å²) >= 11 is 0. The summed E-state index contributed by atoms with van der Waals surface area (Å²) in [6, 6.07) is -0.400. The number of likely N-dealkylation sites (N-methyl/N-ethyl adjacent to an activating group) is 1. The SMILES string of the molecule is CC(C)NC(=O)N1C[C@@H]2OCCS(=O)(=O)N(C)[C@@H]2C1. The molecule has 2 rings (SSSR count). The van der Waals surface area contributed by atoms with E-state index in [2.05, 4.69) is 5.32 Å². The van der Waals surface area contributed by atoms with Crippen molar-refractivity contribution in [2.75, 3.05) is 32.5 Å². The van der Waals surface area contributed by atoms with Crippen LogP contribution in [0.15, 0.2) is 0 Å². The zero-order valence-electron chi connectivity index (χ0n) is 11.5. The van der Waals surface area contributed by atoms with Gasteiger partial charge in [0.25, 0.3) is 0 Å². The van der Waals surface area contributed by atoms with Gasteiger partial charge in [-0.05, 0) is 13.8 Å². The van der Waals surface area contributed by atoms with Gasteiger partial charge in [0.2, 0.25) is 10.0 Å². The van der Waals surface area contributed by atoms with Crippen LogP contribution < -0.4 is 5.32 Å². The normalized spacial score (nSPS) is 31.1. The summed E-state index contributed by atoms with van der Waals surface area (Å²) in [5, 5.41) is 2.81. The second-order valence-corrected chi connectivity index (χ2v) is 7.47. The lowest BCUT2D eigenvalue weighted by molar-refractivity contribution is 0.0514. The quantitative estimate of drug-likeness (QED) is 0.703. The number of likely N-dealkylation sites (tertiary alicyclic amines) is 1. The number of carbonyl (C=O) groups excluding carboxylic acids is 1. The predicted molar refractivity (Wildman–Crippen MR) is 70.3 cm³/mol. The Kier molecular flexibility index (Phi) is 4.03. The van der Waals surface area contributed by atoms with E-state index >= 15 is 0 Å². The molecule has 2 atom stereocenters. The van der Waals surface area contributed by atoms with Crippen LogP contribution in [0.3, 0.4) is 0 Å². The summed E-state index contributed by atoms with van der Waals surface area (Å²) < 4.78 is 30.8. The molecule has 0 spiro atoms. The molecule has 2 fully saturated rings. The van der Waals surface area contributed by atoms with E-state index in [0.717, 1.165) is 0 Å². The number of nitrogens with zero attached hydrogens (tertiary/aromatic N) is 2. The highest BCUT2D eigenvalue weighted by atomic mass is 32.2. The zero-order valence-corrected chi connectivity index (χ0v) is 12.3. The number of carbonyl (C=O) groups is 1. The molecule has 0 aromatic heterocycles. The number of urea groups is 1. The van der Waals surface area contributed by atoms with E-state index in [-0.39, 0.29) is 36.6 Å². The van der Waals surface area contributed by atoms with Crippen LogP contribution in [0.1, 0.15) is 13.8 Å². The number of fused-ring (bicyclic) bond motifs is 1. The van der Waals surface area contributed by atoms with Crippen LogP contribution in [0.2, 0.25) is 0 Å². The average molecular weight is 291 g/mol. The summed E-state index contributed by atoms with van der Waals surface area (Å²) in [6.07, 6.45) is -0.236. The fourth-order valence-electron chi connectivity index (χ4n) is 2.43. The maximum absolute atomic E-state index is 11.9. The van der Waals surface area contributed by atoms with Gasteiger partial charge in [0.15, 0.2) is 0 Å². The molecule has 8 heteroatoms. The van der Waals surface area contributed by atoms with Gasteiger partial charge in [-0.25, -0.2) is 13.2 Å². The highest BCUT2D eigenvalue weighted by molar-refractivity contribution is 7.89. The number of rotatable bonds is 1. The molecular weight excluding hydrogens is 270 g/mol. The van der Waals surface area contributed by atoms with Crippen molar-refractivity contribution >= 4 is 16.1 Å². The number of ether oxygens (including phenoxy) is 1. The van der Waals surface area contributed by atoms with Crippen LogP contribution in [0.25, 0.3) is 0 Å². The van der Waals surface area contributed by atoms with Crippen LogP contribution in [-0.4, -0.2) is 74.3 Å². The molecule has 1 N–H and O–H groups in total. The lowest BCUT2D eigenvalue weighted by atomic mass is 10.2. The molecular formula is C11H21N3O4S. The molecule has 0 aromatic carbocycles. The number of hydrogen-bond donors (Lipinski definition) is 1. The Labute approximate surface area is 113 Å². The largest absolute Gasteiger partial charge is 0.374 e. The third-order valence-corrected chi connectivity index (χ3v) is 5.35. The lowest BCUT2D eigenvalue weighted by Crippen LogP contribution is -2.45. The summed E-state index contributed by atoms with van der Waals surface area (Å²) in [7, 11) is -1.71. The molecule has 0 bridgehead atoms. The molecule has 0 saturated carbocycles. The van der Waals surface area contributed by atoms with Crippen molar-refractivity contribution in [1.29, 1.82) is 0 Å². The lowest BCUT2D eigenvalue weighted by Gasteiger charge is -2.24. The Morgan fingerprint density at radius 1 is 1.37 bits per heavy atom. The Balaban J connectivity index is 2.09. The molecule has 0 aliphatic carbocycles. The van der Waals surface area contributed by atoms with Gasteiger partial charge < -0.3 is 15.0 Å². The molecule has 2 saturated heterocycles. The van der Waals surface area contributed by atoms with Crippen LogP contribution in [0.4, 0.5) is 4.79 Å². The first-order valence-electron chi connectivity index (χ1n) is 6.44. The Morgan fingerprint density at radius 2 is 2.05 bits per heavy atom. The molecule has 0 aromatic rings. The van der Waals surface area contributed by atoms with Crippen LogP contribution >= 0.6 is 0 Å². The third kappa shape index (κ3) is 3.01. The van der Waals surface area contributed by atoms with Crippen LogP contribution in [0, 0.1) is 0 Å². The number of amides is 2. The van der Waals surface area contributed by atoms with Crippen molar-refractivity contribution in [2.24, 2.45) is 0 Å². The Hall–Kier alpha value is -0.860. The standard InChI is InChI=1S/C11H21N3O4S/c1-8(2)12-11(15)14-6-9-10(7-14)18-4-5-19(16,17)13(9)3/h8-10H,4-7H2,1-3H3,(H,12,15)/t9-,10+/m1/s1. The van der Waals surface area contributed by atoms with Gasteiger partial charge in [0.05, 0.1) is 31.1 Å². The van der Waals surface area contributed by atoms with Crippen molar-refractivity contribution < 1.29 is 17.9 Å². The highest BCUT2D eigenvalue weighted by Crippen LogP contribution is 2.23. The topological polar surface area (TPSA) is 79.0 Å². The van der Waals surface area contributed by atoms with Crippen LogP contribution in [-0.2, 0) is 14.8 Å². The summed E-state index contributed by atoms with van der Waals surface area (Å²) in [4.78, 5) is 13.6. The maximum Gasteiger partial charge on any atom is 0.317 e. The first-order valence-corrected chi connectivity index (χ1v) is 8.05. The van der Waals surface area contributed by atoms with Crippen molar-refractivity contribution in [3.8, 4) is 0 Å². The number of nitrogens with one attached hydrogen (secondary N) is 1. The fraction of sp³-hybridized carbons (Fsp3) is 0.909. The second-order valence-electron chi connectivity index (χ2n) is 5.32. The van der Waals surface area contributed by atoms with E-state index in [9.17, 15) is 13.2 Å². The predicted octanol–water partition coefficient (Wildman–Crippen LogP) is -0.551. The van der Waals surface area contributed by atoms with Gasteiger partial charge in [-0.1, -0.05) is 0 Å². The molecule has 19 heavy (non-hydrogen) atoms. The molecule has 2 aliphatic rings. The number of hydrogen-bond acceptors (Lipinski definition) is 4. The monoisotopic (exact) mass is 291 g/mol. The molecule has 7 nitrogen and oxygen atoms in total. The van der Waals surface area contributed by atoms with Crippen molar-refractivity contribution in [1.82, 2.24) is 14.5 Å². The molecule has 0 unspecified atom stereocenters. The summed E-state index contributed by atoms with van der Waals surface area (Å²) in [6.45, 7) is 4.77. The number of sulfonamides is 1. The van der Waals surface area contributed by atoms with Crippen LogP contribution in [0.5, 0.6) is 0 Å². The first-order chi connectivity index (χ1) is 8.81. The zero-order chi connectivity index (χ0) is 14.2. The van der Waals surface area contributed by atoms with E-state index < -0.39 is 10.0 Å².